The standard InChI is InChI=1S/C12H12N2O3S/c13-11(12(15)16)9-7-18-10(14-9)6-17-8-4-2-1-3-5-8/h1-5,7,11H,6,13H2,(H,15,16). The Morgan fingerprint density at radius 2 is 2.17 bits per heavy atom. The number of para-hydroxylation sites is 1. The lowest BCUT2D eigenvalue weighted by atomic mass is 10.2. The average molecular weight is 264 g/mol. The third-order valence-corrected chi connectivity index (χ3v) is 3.10. The van der Waals surface area contributed by atoms with Gasteiger partial charge in [0.05, 0.1) is 5.69 Å². The van der Waals surface area contributed by atoms with E-state index in [1.807, 2.05) is 30.3 Å². The van der Waals surface area contributed by atoms with Crippen LogP contribution in [0.15, 0.2) is 35.7 Å². The minimum absolute atomic E-state index is 0.307. The van der Waals surface area contributed by atoms with Gasteiger partial charge in [-0.1, -0.05) is 18.2 Å². The molecule has 0 bridgehead atoms. The van der Waals surface area contributed by atoms with Gasteiger partial charge in [-0.2, -0.15) is 0 Å². The normalized spacial score (nSPS) is 12.1. The van der Waals surface area contributed by atoms with Crippen molar-refractivity contribution in [2.75, 3.05) is 0 Å². The molecular formula is C12H12N2O3S. The van der Waals surface area contributed by atoms with E-state index < -0.39 is 12.0 Å². The van der Waals surface area contributed by atoms with Gasteiger partial charge < -0.3 is 15.6 Å². The highest BCUT2D eigenvalue weighted by Crippen LogP contribution is 2.18. The van der Waals surface area contributed by atoms with E-state index >= 15 is 0 Å². The van der Waals surface area contributed by atoms with Crippen LogP contribution in [-0.2, 0) is 11.4 Å². The van der Waals surface area contributed by atoms with Crippen molar-refractivity contribution in [2.45, 2.75) is 12.6 Å². The number of nitrogens with zero attached hydrogens (tertiary/aromatic N) is 1. The molecule has 0 saturated heterocycles. The van der Waals surface area contributed by atoms with Gasteiger partial charge in [0.2, 0.25) is 0 Å². The molecule has 0 aliphatic heterocycles. The van der Waals surface area contributed by atoms with E-state index in [2.05, 4.69) is 4.98 Å². The summed E-state index contributed by atoms with van der Waals surface area (Å²) in [6.07, 6.45) is 0. The molecule has 1 aromatic carbocycles. The molecule has 5 nitrogen and oxygen atoms in total. The number of rotatable bonds is 5. The highest BCUT2D eigenvalue weighted by molar-refractivity contribution is 7.09. The Bertz CT molecular complexity index is 527. The maximum absolute atomic E-state index is 10.7. The molecule has 1 atom stereocenters. The topological polar surface area (TPSA) is 85.4 Å². The number of carbonyl (C=O) groups is 1. The number of carboxylic acid groups (broad SMARTS) is 1. The molecule has 1 aromatic heterocycles. The van der Waals surface area contributed by atoms with Gasteiger partial charge in [-0.25, -0.2) is 4.98 Å². The SMILES string of the molecule is NC(C(=O)O)c1csc(COc2ccccc2)n1. The predicted molar refractivity (Wildman–Crippen MR) is 67.5 cm³/mol. The summed E-state index contributed by atoms with van der Waals surface area (Å²) in [5.74, 6) is -0.340. The number of nitrogens with two attached hydrogens (primary N) is 1. The highest BCUT2D eigenvalue weighted by Gasteiger charge is 2.17. The van der Waals surface area contributed by atoms with Crippen molar-refractivity contribution < 1.29 is 14.6 Å². The monoisotopic (exact) mass is 264 g/mol. The van der Waals surface area contributed by atoms with Crippen LogP contribution >= 0.6 is 11.3 Å². The summed E-state index contributed by atoms with van der Waals surface area (Å²) in [6, 6.07) is 8.27. The van der Waals surface area contributed by atoms with Crippen molar-refractivity contribution in [3.8, 4) is 5.75 Å². The maximum Gasteiger partial charge on any atom is 0.326 e. The predicted octanol–water partition coefficient (Wildman–Crippen LogP) is 1.81. The molecule has 6 heteroatoms. The molecule has 0 aliphatic rings. The summed E-state index contributed by atoms with van der Waals surface area (Å²) in [7, 11) is 0. The number of benzene rings is 1. The fourth-order valence-electron chi connectivity index (χ4n) is 1.32. The molecule has 1 heterocycles. The van der Waals surface area contributed by atoms with E-state index in [9.17, 15) is 4.79 Å². The van der Waals surface area contributed by atoms with Crippen LogP contribution in [0.1, 0.15) is 16.7 Å². The minimum atomic E-state index is -1.09. The summed E-state index contributed by atoms with van der Waals surface area (Å²) in [4.78, 5) is 14.8. The van der Waals surface area contributed by atoms with Crippen LogP contribution in [0, 0.1) is 0 Å². The fourth-order valence-corrected chi connectivity index (χ4v) is 2.06. The molecular weight excluding hydrogens is 252 g/mol. The van der Waals surface area contributed by atoms with Crippen molar-refractivity contribution in [3.05, 3.63) is 46.4 Å². The van der Waals surface area contributed by atoms with Crippen molar-refractivity contribution in [1.82, 2.24) is 4.98 Å². The van der Waals surface area contributed by atoms with Crippen LogP contribution in [0.4, 0.5) is 0 Å². The van der Waals surface area contributed by atoms with E-state index in [-0.39, 0.29) is 0 Å². The number of thiazole rings is 1. The van der Waals surface area contributed by atoms with Gasteiger partial charge in [-0.05, 0) is 12.1 Å². The molecule has 94 valence electrons. The van der Waals surface area contributed by atoms with Crippen LogP contribution in [0.25, 0.3) is 0 Å². The Labute approximate surface area is 108 Å². The molecule has 1 unspecified atom stereocenters. The van der Waals surface area contributed by atoms with Gasteiger partial charge in [0.15, 0.2) is 0 Å². The van der Waals surface area contributed by atoms with Crippen molar-refractivity contribution in [2.24, 2.45) is 5.73 Å². The molecule has 0 spiro atoms. The van der Waals surface area contributed by atoms with Crippen molar-refractivity contribution in [1.29, 1.82) is 0 Å². The first kappa shape index (κ1) is 12.5. The van der Waals surface area contributed by atoms with Gasteiger partial charge in [-0.3, -0.25) is 4.79 Å². The van der Waals surface area contributed by atoms with E-state index in [0.717, 1.165) is 5.75 Å². The summed E-state index contributed by atoms with van der Waals surface area (Å²) < 4.78 is 5.51. The van der Waals surface area contributed by atoms with E-state index in [4.69, 9.17) is 15.6 Å². The molecule has 0 aliphatic carbocycles. The molecule has 0 fully saturated rings. The third kappa shape index (κ3) is 3.06. The van der Waals surface area contributed by atoms with Crippen LogP contribution in [0.5, 0.6) is 5.75 Å². The number of hydrogen-bond acceptors (Lipinski definition) is 5. The number of hydrogen-bond donors (Lipinski definition) is 2. The van der Waals surface area contributed by atoms with Crippen LogP contribution < -0.4 is 10.5 Å². The maximum atomic E-state index is 10.7. The molecule has 0 amide bonds. The molecule has 3 N–H and O–H groups in total. The zero-order valence-corrected chi connectivity index (χ0v) is 10.3. The van der Waals surface area contributed by atoms with E-state index in [1.54, 1.807) is 5.38 Å². The fraction of sp³-hybridized carbons (Fsp3) is 0.167. The Kier molecular flexibility index (Phi) is 3.91. The zero-order chi connectivity index (χ0) is 13.0. The molecule has 0 radical (unpaired) electrons. The van der Waals surface area contributed by atoms with Gasteiger partial charge in [0.1, 0.15) is 23.4 Å². The first-order chi connectivity index (χ1) is 8.66. The lowest BCUT2D eigenvalue weighted by molar-refractivity contribution is -0.138. The number of ether oxygens (including phenoxy) is 1. The second-order valence-electron chi connectivity index (χ2n) is 3.58. The Balaban J connectivity index is 1.97. The highest BCUT2D eigenvalue weighted by atomic mass is 32.1. The smallest absolute Gasteiger partial charge is 0.326 e. The van der Waals surface area contributed by atoms with E-state index in [0.29, 0.717) is 17.3 Å². The third-order valence-electron chi connectivity index (χ3n) is 2.26. The van der Waals surface area contributed by atoms with E-state index in [1.165, 1.54) is 11.3 Å². The van der Waals surface area contributed by atoms with Crippen molar-refractivity contribution in [3.63, 3.8) is 0 Å². The Morgan fingerprint density at radius 3 is 2.83 bits per heavy atom. The first-order valence-corrected chi connectivity index (χ1v) is 6.15. The second-order valence-corrected chi connectivity index (χ2v) is 4.53. The van der Waals surface area contributed by atoms with Crippen LogP contribution in [0.2, 0.25) is 0 Å². The molecule has 0 saturated carbocycles. The Hall–Kier alpha value is -1.92. The number of aromatic nitrogens is 1. The zero-order valence-electron chi connectivity index (χ0n) is 9.45. The Morgan fingerprint density at radius 1 is 1.44 bits per heavy atom. The summed E-state index contributed by atoms with van der Waals surface area (Å²) >= 11 is 1.34. The average Bonchev–Trinajstić information content (AvgIpc) is 2.85. The summed E-state index contributed by atoms with van der Waals surface area (Å²) in [5, 5.41) is 11.1. The lowest BCUT2D eigenvalue weighted by Crippen LogP contribution is -2.21. The van der Waals surface area contributed by atoms with Crippen molar-refractivity contribution >= 4 is 17.3 Å². The van der Waals surface area contributed by atoms with Gasteiger partial charge in [0, 0.05) is 5.38 Å². The summed E-state index contributed by atoms with van der Waals surface area (Å²) in [6.45, 7) is 0.307. The molecule has 2 rings (SSSR count). The minimum Gasteiger partial charge on any atom is -0.486 e. The quantitative estimate of drug-likeness (QED) is 0.860. The van der Waals surface area contributed by atoms with Crippen LogP contribution in [-0.4, -0.2) is 16.1 Å². The van der Waals surface area contributed by atoms with Gasteiger partial charge in [0.25, 0.3) is 0 Å². The summed E-state index contributed by atoms with van der Waals surface area (Å²) in [5.41, 5.74) is 5.82. The lowest BCUT2D eigenvalue weighted by Gasteiger charge is -2.03. The molecule has 18 heavy (non-hydrogen) atoms. The number of carboxylic acids is 1. The van der Waals surface area contributed by atoms with Gasteiger partial charge >= 0.3 is 5.97 Å². The number of aliphatic carboxylic acids is 1. The first-order valence-electron chi connectivity index (χ1n) is 5.27. The van der Waals surface area contributed by atoms with Crippen LogP contribution in [0.3, 0.4) is 0 Å². The van der Waals surface area contributed by atoms with Gasteiger partial charge in [-0.15, -0.1) is 11.3 Å². The largest absolute Gasteiger partial charge is 0.486 e. The second kappa shape index (κ2) is 5.61. The molecule has 2 aromatic rings.